The van der Waals surface area contributed by atoms with Crippen molar-refractivity contribution in [2.45, 2.75) is 173 Å². The molecule has 0 aliphatic heterocycles. The van der Waals surface area contributed by atoms with Crippen LogP contribution in [0.5, 0.6) is 0 Å². The molecule has 2 heteroatoms. The van der Waals surface area contributed by atoms with Crippen molar-refractivity contribution < 1.29 is 0 Å². The van der Waals surface area contributed by atoms with E-state index in [4.69, 9.17) is 11.5 Å². The molecule has 4 aromatic rings. The third-order valence-electron chi connectivity index (χ3n) is 11.7. The normalized spacial score (nSPS) is 13.2. The van der Waals surface area contributed by atoms with Gasteiger partial charge in [-0.1, -0.05) is 209 Å². The van der Waals surface area contributed by atoms with Crippen LogP contribution >= 0.6 is 0 Å². The topological polar surface area (TPSA) is 52.0 Å². The van der Waals surface area contributed by atoms with E-state index in [0.29, 0.717) is 17.8 Å². The van der Waals surface area contributed by atoms with Gasteiger partial charge in [0.2, 0.25) is 0 Å². The van der Waals surface area contributed by atoms with Crippen molar-refractivity contribution in [2.75, 3.05) is 11.5 Å². The van der Waals surface area contributed by atoms with Crippen molar-refractivity contribution in [1.29, 1.82) is 0 Å². The smallest absolute Gasteiger partial charge is 0.0314 e. The first-order chi connectivity index (χ1) is 26.0. The Morgan fingerprint density at radius 3 is 0.755 bits per heavy atom. The van der Waals surface area contributed by atoms with Crippen molar-refractivity contribution in [3.05, 3.63) is 130 Å². The van der Waals surface area contributed by atoms with E-state index < -0.39 is 0 Å². The summed E-state index contributed by atoms with van der Waals surface area (Å²) in [5, 5.41) is 0. The van der Waals surface area contributed by atoms with Gasteiger partial charge in [0.05, 0.1) is 0 Å². The molecule has 0 fully saturated rings. The maximum Gasteiger partial charge on any atom is 0.0314 e. The number of unbranched alkanes of at least 4 members (excludes halogenated alkanes) is 15. The van der Waals surface area contributed by atoms with Gasteiger partial charge in [0.15, 0.2) is 0 Å². The highest BCUT2D eigenvalue weighted by molar-refractivity contribution is 5.45. The van der Waals surface area contributed by atoms with Crippen molar-refractivity contribution in [3.63, 3.8) is 0 Å². The number of nitrogens with two attached hydrogens (primary N) is 2. The lowest BCUT2D eigenvalue weighted by atomic mass is 9.82. The van der Waals surface area contributed by atoms with Gasteiger partial charge < -0.3 is 11.5 Å². The quantitative estimate of drug-likeness (QED) is 0.0477. The third kappa shape index (κ3) is 14.7. The second-order valence-corrected chi connectivity index (χ2v) is 16.0. The zero-order valence-electron chi connectivity index (χ0n) is 34.0. The van der Waals surface area contributed by atoms with Crippen LogP contribution in [0.2, 0.25) is 0 Å². The molecule has 0 saturated carbocycles. The molecule has 2 unspecified atom stereocenters. The summed E-state index contributed by atoms with van der Waals surface area (Å²) in [6.07, 6.45) is 27.6. The van der Waals surface area contributed by atoms with E-state index in [0.717, 1.165) is 11.4 Å². The summed E-state index contributed by atoms with van der Waals surface area (Å²) in [4.78, 5) is 0. The summed E-state index contributed by atoms with van der Waals surface area (Å²) in [5.74, 6) is 1.22. The Kier molecular flexibility index (Phi) is 19.7. The van der Waals surface area contributed by atoms with Crippen LogP contribution in [0.15, 0.2) is 97.1 Å². The number of hydrogen-bond donors (Lipinski definition) is 2. The minimum atomic E-state index is 0.406. The Bertz CT molecular complexity index is 1370. The Morgan fingerprint density at radius 2 is 0.491 bits per heavy atom. The van der Waals surface area contributed by atoms with E-state index in [9.17, 15) is 0 Å². The second-order valence-electron chi connectivity index (χ2n) is 16.0. The van der Waals surface area contributed by atoms with Crippen molar-refractivity contribution in [1.82, 2.24) is 0 Å². The van der Waals surface area contributed by atoms with Gasteiger partial charge in [-0.05, 0) is 76.9 Å². The number of nitrogen functional groups attached to an aromatic ring is 2. The molecule has 0 saturated heterocycles. The van der Waals surface area contributed by atoms with Gasteiger partial charge in [0.1, 0.15) is 0 Å². The monoisotopic (exact) mass is 715 g/mol. The predicted molar refractivity (Wildman–Crippen MR) is 234 cm³/mol. The van der Waals surface area contributed by atoms with E-state index in [2.05, 4.69) is 118 Å². The van der Waals surface area contributed by atoms with Crippen LogP contribution in [0.4, 0.5) is 11.4 Å². The molecule has 0 radical (unpaired) electrons. The minimum Gasteiger partial charge on any atom is -0.399 e. The molecular weight excluding hydrogens is 641 g/mol. The highest BCUT2D eigenvalue weighted by Crippen LogP contribution is 2.37. The fraction of sp³-hybridized carbons (Fsp3) is 0.529. The maximum absolute atomic E-state index is 6.11. The molecule has 4 rings (SSSR count). The number of hydrogen-bond acceptors (Lipinski definition) is 2. The molecule has 0 bridgehead atoms. The SMILES string of the molecule is CCCCCCCCCCC(c1ccc(N)cc1)c1ccc(C(CCCC)c2ccc(C(CCCCCCCCCC)c3ccc(N)cc3)cc2)cc1. The molecule has 0 aromatic heterocycles. The molecule has 0 amide bonds. The fourth-order valence-electron chi connectivity index (χ4n) is 8.33. The van der Waals surface area contributed by atoms with Crippen LogP contribution < -0.4 is 11.5 Å². The van der Waals surface area contributed by atoms with Crippen molar-refractivity contribution in [3.8, 4) is 0 Å². The molecular formula is C51H74N2. The summed E-state index contributed by atoms with van der Waals surface area (Å²) in [6, 6.07) is 36.7. The lowest BCUT2D eigenvalue weighted by Gasteiger charge is -2.23. The van der Waals surface area contributed by atoms with E-state index in [1.165, 1.54) is 168 Å². The number of anilines is 2. The molecule has 288 valence electrons. The third-order valence-corrected chi connectivity index (χ3v) is 11.7. The summed E-state index contributed by atoms with van der Waals surface area (Å²) in [7, 11) is 0. The first-order valence-electron chi connectivity index (χ1n) is 21.9. The Hall–Kier alpha value is -3.52. The maximum atomic E-state index is 6.11. The molecule has 53 heavy (non-hydrogen) atoms. The highest BCUT2D eigenvalue weighted by atomic mass is 14.5. The molecule has 0 spiro atoms. The largest absolute Gasteiger partial charge is 0.399 e. The van der Waals surface area contributed by atoms with Gasteiger partial charge in [-0.15, -0.1) is 0 Å². The van der Waals surface area contributed by atoms with E-state index in [1.807, 2.05) is 0 Å². The summed E-state index contributed by atoms with van der Waals surface area (Å²) >= 11 is 0. The summed E-state index contributed by atoms with van der Waals surface area (Å²) in [6.45, 7) is 6.91. The van der Waals surface area contributed by atoms with E-state index >= 15 is 0 Å². The van der Waals surface area contributed by atoms with Crippen molar-refractivity contribution >= 4 is 11.4 Å². The molecule has 0 heterocycles. The van der Waals surface area contributed by atoms with Crippen LogP contribution in [0.3, 0.4) is 0 Å². The lowest BCUT2D eigenvalue weighted by molar-refractivity contribution is 0.551. The number of benzene rings is 4. The fourth-order valence-corrected chi connectivity index (χ4v) is 8.33. The van der Waals surface area contributed by atoms with Crippen molar-refractivity contribution in [2.24, 2.45) is 0 Å². The predicted octanol–water partition coefficient (Wildman–Crippen LogP) is 15.5. The van der Waals surface area contributed by atoms with Gasteiger partial charge in [-0.2, -0.15) is 0 Å². The van der Waals surface area contributed by atoms with Gasteiger partial charge in [0.25, 0.3) is 0 Å². The van der Waals surface area contributed by atoms with Crippen LogP contribution in [-0.4, -0.2) is 0 Å². The summed E-state index contributed by atoms with van der Waals surface area (Å²) in [5.41, 5.74) is 22.4. The number of rotatable bonds is 27. The second kappa shape index (κ2) is 24.7. The van der Waals surface area contributed by atoms with Gasteiger partial charge in [0, 0.05) is 29.1 Å². The zero-order chi connectivity index (χ0) is 37.5. The van der Waals surface area contributed by atoms with E-state index in [-0.39, 0.29) is 0 Å². The van der Waals surface area contributed by atoms with Crippen LogP contribution in [0, 0.1) is 0 Å². The average molecular weight is 715 g/mol. The lowest BCUT2D eigenvalue weighted by Crippen LogP contribution is -2.06. The highest BCUT2D eigenvalue weighted by Gasteiger charge is 2.19. The first-order valence-corrected chi connectivity index (χ1v) is 21.9. The minimum absolute atomic E-state index is 0.406. The molecule has 4 aromatic carbocycles. The standard InChI is InChI=1S/C51H74N2/c1-4-7-10-12-14-16-18-20-23-50(45-33-37-47(52)38-34-45)43-29-25-41(26-30-43)49(22-9-6-3)42-27-31-44(32-28-42)51(46-35-39-48(53)40-36-46)24-21-19-17-15-13-11-8-5-2/h25-40,49-51H,4-24,52-53H2,1-3H3. The Labute approximate surface area is 325 Å². The molecule has 0 aliphatic rings. The van der Waals surface area contributed by atoms with E-state index in [1.54, 1.807) is 0 Å². The molecule has 4 N–H and O–H groups in total. The Morgan fingerprint density at radius 1 is 0.283 bits per heavy atom. The summed E-state index contributed by atoms with van der Waals surface area (Å²) < 4.78 is 0. The molecule has 2 nitrogen and oxygen atoms in total. The van der Waals surface area contributed by atoms with Gasteiger partial charge in [-0.3, -0.25) is 0 Å². The average Bonchev–Trinajstić information content (AvgIpc) is 3.18. The van der Waals surface area contributed by atoms with Crippen LogP contribution in [-0.2, 0) is 0 Å². The first kappa shape index (κ1) is 42.2. The molecule has 2 atom stereocenters. The zero-order valence-corrected chi connectivity index (χ0v) is 34.0. The Balaban J connectivity index is 1.47. The van der Waals surface area contributed by atoms with Gasteiger partial charge in [-0.25, -0.2) is 0 Å². The molecule has 0 aliphatic carbocycles. The van der Waals surface area contributed by atoms with Crippen LogP contribution in [0.25, 0.3) is 0 Å². The van der Waals surface area contributed by atoms with Gasteiger partial charge >= 0.3 is 0 Å². The van der Waals surface area contributed by atoms with Crippen LogP contribution in [0.1, 0.15) is 207 Å².